The molecule has 1 aliphatic heterocycles. The lowest BCUT2D eigenvalue weighted by molar-refractivity contribution is -0.0783. The van der Waals surface area contributed by atoms with Gasteiger partial charge in [-0.1, -0.05) is 6.92 Å². The molecule has 1 saturated heterocycles. The first-order valence-electron chi connectivity index (χ1n) is 7.29. The lowest BCUT2D eigenvalue weighted by atomic mass is 9.79. The van der Waals surface area contributed by atoms with E-state index in [1.807, 2.05) is 0 Å². The summed E-state index contributed by atoms with van der Waals surface area (Å²) in [5.74, 6) is 1.57. The van der Waals surface area contributed by atoms with Gasteiger partial charge < -0.3 is 10.1 Å². The van der Waals surface area contributed by atoms with E-state index >= 15 is 0 Å². The van der Waals surface area contributed by atoms with Crippen LogP contribution in [0.1, 0.15) is 60.3 Å². The van der Waals surface area contributed by atoms with Gasteiger partial charge in [-0.2, -0.15) is 0 Å². The molecule has 2 nitrogen and oxygen atoms in total. The van der Waals surface area contributed by atoms with E-state index in [4.69, 9.17) is 4.74 Å². The highest BCUT2D eigenvalue weighted by Gasteiger charge is 2.51. The summed E-state index contributed by atoms with van der Waals surface area (Å²) < 4.78 is 6.25. The van der Waals surface area contributed by atoms with Crippen LogP contribution in [-0.4, -0.2) is 23.8 Å². The fourth-order valence-electron chi connectivity index (χ4n) is 3.57. The second-order valence-electron chi connectivity index (χ2n) is 7.09. The molecule has 1 saturated carbocycles. The van der Waals surface area contributed by atoms with Gasteiger partial charge in [0.1, 0.15) is 0 Å². The predicted octanol–water partition coefficient (Wildman–Crippen LogP) is 3.36. The van der Waals surface area contributed by atoms with Crippen molar-refractivity contribution in [2.45, 2.75) is 77.5 Å². The van der Waals surface area contributed by atoms with Crippen LogP contribution >= 0.6 is 0 Å². The average Bonchev–Trinajstić information content (AvgIpc) is 2.95. The Labute approximate surface area is 107 Å². The molecular weight excluding hydrogens is 210 g/mol. The molecular formula is C15H29NO. The summed E-state index contributed by atoms with van der Waals surface area (Å²) in [7, 11) is 0. The molecule has 0 spiro atoms. The number of hydrogen-bond donors (Lipinski definition) is 1. The molecule has 0 amide bonds. The van der Waals surface area contributed by atoms with Gasteiger partial charge in [0.2, 0.25) is 0 Å². The normalized spacial score (nSPS) is 32.6. The molecule has 0 aromatic carbocycles. The average molecular weight is 239 g/mol. The maximum Gasteiger partial charge on any atom is 0.0677 e. The topological polar surface area (TPSA) is 21.3 Å². The second kappa shape index (κ2) is 4.55. The van der Waals surface area contributed by atoms with Crippen LogP contribution in [0.3, 0.4) is 0 Å². The third kappa shape index (κ3) is 3.03. The van der Waals surface area contributed by atoms with Gasteiger partial charge in [-0.25, -0.2) is 0 Å². The summed E-state index contributed by atoms with van der Waals surface area (Å²) in [6.45, 7) is 12.4. The van der Waals surface area contributed by atoms with Crippen LogP contribution in [-0.2, 0) is 4.74 Å². The Bertz CT molecular complexity index is 268. The Hall–Kier alpha value is -0.0800. The number of ether oxygens (including phenoxy) is 1. The zero-order chi connectivity index (χ0) is 12.7. The van der Waals surface area contributed by atoms with Crippen molar-refractivity contribution in [1.82, 2.24) is 5.32 Å². The Balaban J connectivity index is 2.07. The van der Waals surface area contributed by atoms with Crippen molar-refractivity contribution in [2.24, 2.45) is 11.8 Å². The molecule has 2 atom stereocenters. The summed E-state index contributed by atoms with van der Waals surface area (Å²) in [6, 6.07) is 0.673. The fraction of sp³-hybridized carbons (Fsp3) is 1.00. The third-order valence-electron chi connectivity index (χ3n) is 4.34. The minimum atomic E-state index is 0.0253. The first-order valence-corrected chi connectivity index (χ1v) is 7.29. The SMILES string of the molecule is CCCNC(C1CC1)C1CC(C)(C)OC1(C)C. The monoisotopic (exact) mass is 239 g/mol. The molecule has 0 bridgehead atoms. The Morgan fingerprint density at radius 2 is 1.88 bits per heavy atom. The number of hydrogen-bond acceptors (Lipinski definition) is 2. The molecule has 0 aromatic heterocycles. The van der Waals surface area contributed by atoms with Gasteiger partial charge in [0.05, 0.1) is 11.2 Å². The molecule has 2 unspecified atom stereocenters. The smallest absolute Gasteiger partial charge is 0.0677 e. The first-order chi connectivity index (χ1) is 7.86. The van der Waals surface area contributed by atoms with Gasteiger partial charge in [0.15, 0.2) is 0 Å². The fourth-order valence-corrected chi connectivity index (χ4v) is 3.57. The molecule has 2 aliphatic rings. The largest absolute Gasteiger partial charge is 0.369 e. The highest BCUT2D eigenvalue weighted by Crippen LogP contribution is 2.48. The van der Waals surface area contributed by atoms with Crippen molar-refractivity contribution in [1.29, 1.82) is 0 Å². The van der Waals surface area contributed by atoms with E-state index in [2.05, 4.69) is 39.9 Å². The highest BCUT2D eigenvalue weighted by atomic mass is 16.5. The van der Waals surface area contributed by atoms with Crippen molar-refractivity contribution in [2.75, 3.05) is 6.54 Å². The van der Waals surface area contributed by atoms with Gasteiger partial charge in [0, 0.05) is 12.0 Å². The van der Waals surface area contributed by atoms with E-state index in [0.29, 0.717) is 12.0 Å². The third-order valence-corrected chi connectivity index (χ3v) is 4.34. The van der Waals surface area contributed by atoms with E-state index in [1.165, 1.54) is 25.7 Å². The summed E-state index contributed by atoms with van der Waals surface area (Å²) in [4.78, 5) is 0. The Kier molecular flexibility index (Phi) is 3.57. The molecule has 0 aromatic rings. The number of rotatable bonds is 5. The van der Waals surface area contributed by atoms with E-state index in [9.17, 15) is 0 Å². The van der Waals surface area contributed by atoms with Crippen molar-refractivity contribution in [3.05, 3.63) is 0 Å². The molecule has 0 radical (unpaired) electrons. The Morgan fingerprint density at radius 3 is 2.29 bits per heavy atom. The minimum absolute atomic E-state index is 0.0253. The van der Waals surface area contributed by atoms with E-state index in [0.717, 1.165) is 12.5 Å². The molecule has 100 valence electrons. The van der Waals surface area contributed by atoms with Crippen LogP contribution in [0.25, 0.3) is 0 Å². The molecule has 2 rings (SSSR count). The summed E-state index contributed by atoms with van der Waals surface area (Å²) in [5.41, 5.74) is 0.0761. The molecule has 1 aliphatic carbocycles. The zero-order valence-corrected chi connectivity index (χ0v) is 12.2. The van der Waals surface area contributed by atoms with Crippen molar-refractivity contribution in [3.8, 4) is 0 Å². The van der Waals surface area contributed by atoms with E-state index in [1.54, 1.807) is 0 Å². The first kappa shape index (κ1) is 13.4. The number of nitrogens with one attached hydrogen (secondary N) is 1. The van der Waals surface area contributed by atoms with Gasteiger partial charge in [-0.3, -0.25) is 0 Å². The van der Waals surface area contributed by atoms with E-state index < -0.39 is 0 Å². The molecule has 17 heavy (non-hydrogen) atoms. The lowest BCUT2D eigenvalue weighted by Gasteiger charge is -2.33. The van der Waals surface area contributed by atoms with Crippen molar-refractivity contribution >= 4 is 0 Å². The quantitative estimate of drug-likeness (QED) is 0.794. The van der Waals surface area contributed by atoms with Crippen LogP contribution in [0, 0.1) is 11.8 Å². The predicted molar refractivity (Wildman–Crippen MR) is 72.2 cm³/mol. The van der Waals surface area contributed by atoms with Crippen LogP contribution in [0.5, 0.6) is 0 Å². The van der Waals surface area contributed by atoms with Crippen LogP contribution < -0.4 is 5.32 Å². The van der Waals surface area contributed by atoms with Gasteiger partial charge in [0.25, 0.3) is 0 Å². The van der Waals surface area contributed by atoms with Crippen molar-refractivity contribution < 1.29 is 4.74 Å². The molecule has 1 N–H and O–H groups in total. The van der Waals surface area contributed by atoms with Crippen LogP contribution in [0.4, 0.5) is 0 Å². The van der Waals surface area contributed by atoms with E-state index in [-0.39, 0.29) is 11.2 Å². The van der Waals surface area contributed by atoms with Gasteiger partial charge in [-0.15, -0.1) is 0 Å². The maximum atomic E-state index is 6.25. The minimum Gasteiger partial charge on any atom is -0.369 e. The van der Waals surface area contributed by atoms with Gasteiger partial charge in [-0.05, 0) is 65.8 Å². The Morgan fingerprint density at radius 1 is 1.24 bits per heavy atom. The maximum absolute atomic E-state index is 6.25. The van der Waals surface area contributed by atoms with Crippen molar-refractivity contribution in [3.63, 3.8) is 0 Å². The molecule has 1 heterocycles. The van der Waals surface area contributed by atoms with Crippen LogP contribution in [0.2, 0.25) is 0 Å². The summed E-state index contributed by atoms with van der Waals surface area (Å²) in [5, 5.41) is 3.79. The lowest BCUT2D eigenvalue weighted by Crippen LogP contribution is -2.45. The van der Waals surface area contributed by atoms with Crippen LogP contribution in [0.15, 0.2) is 0 Å². The van der Waals surface area contributed by atoms with Gasteiger partial charge >= 0.3 is 0 Å². The summed E-state index contributed by atoms with van der Waals surface area (Å²) in [6.07, 6.45) is 5.24. The zero-order valence-electron chi connectivity index (χ0n) is 12.2. The summed E-state index contributed by atoms with van der Waals surface area (Å²) >= 11 is 0. The highest BCUT2D eigenvalue weighted by molar-refractivity contribution is 5.03. The molecule has 2 fully saturated rings. The standard InChI is InChI=1S/C15H29NO/c1-6-9-16-13(11-7-8-11)12-10-14(2,3)17-15(12,4)5/h11-13,16H,6-10H2,1-5H3. The second-order valence-corrected chi connectivity index (χ2v) is 7.09. The molecule has 2 heteroatoms.